The third kappa shape index (κ3) is 3.57. The molecule has 2 aromatic rings. The van der Waals surface area contributed by atoms with Gasteiger partial charge in [-0.25, -0.2) is 4.98 Å². The minimum Gasteiger partial charge on any atom is -0.431 e. The van der Waals surface area contributed by atoms with Crippen LogP contribution in [0.4, 0.5) is 0 Å². The van der Waals surface area contributed by atoms with E-state index in [1.165, 1.54) is 11.8 Å². The maximum Gasteiger partial charge on any atom is 0.257 e. The van der Waals surface area contributed by atoms with Crippen molar-refractivity contribution in [3.05, 3.63) is 24.3 Å². The third-order valence-electron chi connectivity index (χ3n) is 3.68. The number of hydrogen-bond donors (Lipinski definition) is 2. The highest BCUT2D eigenvalue weighted by atomic mass is 32.2. The third-order valence-corrected chi connectivity index (χ3v) is 4.50. The van der Waals surface area contributed by atoms with Gasteiger partial charge in [-0.1, -0.05) is 36.7 Å². The molecule has 2 atom stereocenters. The zero-order valence-electron chi connectivity index (χ0n) is 11.6. The van der Waals surface area contributed by atoms with Crippen LogP contribution in [0, 0.1) is 0 Å². The number of nitrogens with zero attached hydrogens (tertiary/aromatic N) is 1. The molecule has 2 N–H and O–H groups in total. The molecular formula is C15H18N2O3S. The number of carbonyl (C=O) groups excluding carboxylic acids is 1. The van der Waals surface area contributed by atoms with Crippen LogP contribution in [0.25, 0.3) is 11.1 Å². The maximum absolute atomic E-state index is 11.9. The Kier molecular flexibility index (Phi) is 4.45. The molecule has 1 amide bonds. The van der Waals surface area contributed by atoms with Gasteiger partial charge in [0.1, 0.15) is 5.52 Å². The smallest absolute Gasteiger partial charge is 0.257 e. The van der Waals surface area contributed by atoms with Crippen LogP contribution in [0.1, 0.15) is 25.7 Å². The zero-order chi connectivity index (χ0) is 14.7. The van der Waals surface area contributed by atoms with Gasteiger partial charge in [0.2, 0.25) is 5.91 Å². The summed E-state index contributed by atoms with van der Waals surface area (Å²) in [4.78, 5) is 16.2. The molecule has 1 heterocycles. The van der Waals surface area contributed by atoms with Crippen LogP contribution in [0.5, 0.6) is 0 Å². The van der Waals surface area contributed by atoms with Crippen LogP contribution in [0.15, 0.2) is 33.9 Å². The van der Waals surface area contributed by atoms with Gasteiger partial charge >= 0.3 is 0 Å². The molecule has 0 radical (unpaired) electrons. The highest BCUT2D eigenvalue weighted by molar-refractivity contribution is 7.99. The molecule has 0 spiro atoms. The number of fused-ring (bicyclic) bond motifs is 1. The molecule has 5 nitrogen and oxygen atoms in total. The van der Waals surface area contributed by atoms with Crippen LogP contribution in [-0.4, -0.2) is 33.9 Å². The lowest BCUT2D eigenvalue weighted by atomic mass is 9.93. The van der Waals surface area contributed by atoms with Gasteiger partial charge in [-0.15, -0.1) is 0 Å². The molecule has 0 bridgehead atoms. The van der Waals surface area contributed by atoms with Crippen molar-refractivity contribution >= 4 is 28.8 Å². The van der Waals surface area contributed by atoms with E-state index in [2.05, 4.69) is 10.3 Å². The zero-order valence-corrected chi connectivity index (χ0v) is 12.4. The largest absolute Gasteiger partial charge is 0.431 e. The van der Waals surface area contributed by atoms with E-state index >= 15 is 0 Å². The van der Waals surface area contributed by atoms with Crippen molar-refractivity contribution < 1.29 is 14.3 Å². The molecule has 1 aromatic carbocycles. The summed E-state index contributed by atoms with van der Waals surface area (Å²) >= 11 is 1.27. The van der Waals surface area contributed by atoms with E-state index in [0.29, 0.717) is 5.22 Å². The van der Waals surface area contributed by atoms with E-state index in [1.807, 2.05) is 24.3 Å². The molecule has 3 rings (SSSR count). The van der Waals surface area contributed by atoms with Gasteiger partial charge in [0, 0.05) is 0 Å². The lowest BCUT2D eigenvalue weighted by Gasteiger charge is -2.28. The Balaban J connectivity index is 1.53. The first-order valence-corrected chi connectivity index (χ1v) is 8.17. The quantitative estimate of drug-likeness (QED) is 0.848. The molecular weight excluding hydrogens is 288 g/mol. The molecule has 112 valence electrons. The number of benzene rings is 1. The normalized spacial score (nSPS) is 22.3. The number of nitrogens with one attached hydrogen (secondary N) is 1. The van der Waals surface area contributed by atoms with E-state index in [0.717, 1.165) is 36.8 Å². The number of rotatable bonds is 4. The molecule has 1 aromatic heterocycles. The van der Waals surface area contributed by atoms with Crippen molar-refractivity contribution in [3.8, 4) is 0 Å². The van der Waals surface area contributed by atoms with Crippen molar-refractivity contribution in [1.29, 1.82) is 0 Å². The molecule has 0 saturated heterocycles. The summed E-state index contributed by atoms with van der Waals surface area (Å²) in [7, 11) is 0. The Morgan fingerprint density at radius 2 is 2.19 bits per heavy atom. The number of para-hydroxylation sites is 2. The average Bonchev–Trinajstić information content (AvgIpc) is 2.90. The molecule has 0 unspecified atom stereocenters. The number of carbonyl (C=O) groups is 1. The van der Waals surface area contributed by atoms with Gasteiger partial charge in [-0.05, 0) is 25.0 Å². The highest BCUT2D eigenvalue weighted by Crippen LogP contribution is 2.23. The SMILES string of the molecule is O=C(CSc1nc2ccccc2o1)N[C@@H]1CCCC[C@H]1O. The summed E-state index contributed by atoms with van der Waals surface area (Å²) < 4.78 is 5.55. The Hall–Kier alpha value is -1.53. The minimum atomic E-state index is -0.419. The summed E-state index contributed by atoms with van der Waals surface area (Å²) in [6, 6.07) is 7.40. The van der Waals surface area contributed by atoms with Crippen molar-refractivity contribution in [2.75, 3.05) is 5.75 Å². The van der Waals surface area contributed by atoms with E-state index in [-0.39, 0.29) is 17.7 Å². The van der Waals surface area contributed by atoms with Crippen LogP contribution in [0.2, 0.25) is 0 Å². The summed E-state index contributed by atoms with van der Waals surface area (Å²) in [5, 5.41) is 13.2. The minimum absolute atomic E-state index is 0.0896. The molecule has 0 aliphatic heterocycles. The number of aliphatic hydroxyl groups excluding tert-OH is 1. The monoisotopic (exact) mass is 306 g/mol. The predicted octanol–water partition coefficient (Wildman–Crippen LogP) is 2.34. The van der Waals surface area contributed by atoms with Gasteiger partial charge in [-0.3, -0.25) is 4.79 Å². The molecule has 1 aliphatic carbocycles. The predicted molar refractivity (Wildman–Crippen MR) is 81.1 cm³/mol. The topological polar surface area (TPSA) is 75.4 Å². The van der Waals surface area contributed by atoms with Gasteiger partial charge in [-0.2, -0.15) is 0 Å². The van der Waals surface area contributed by atoms with Crippen molar-refractivity contribution in [3.63, 3.8) is 0 Å². The van der Waals surface area contributed by atoms with Gasteiger partial charge < -0.3 is 14.8 Å². The van der Waals surface area contributed by atoms with Gasteiger partial charge in [0.25, 0.3) is 5.22 Å². The van der Waals surface area contributed by atoms with E-state index < -0.39 is 6.10 Å². The second-order valence-corrected chi connectivity index (χ2v) is 6.19. The van der Waals surface area contributed by atoms with Crippen LogP contribution in [0.3, 0.4) is 0 Å². The van der Waals surface area contributed by atoms with Crippen LogP contribution >= 0.6 is 11.8 Å². The van der Waals surface area contributed by atoms with Crippen molar-refractivity contribution in [1.82, 2.24) is 10.3 Å². The summed E-state index contributed by atoms with van der Waals surface area (Å²) in [6.07, 6.45) is 3.28. The van der Waals surface area contributed by atoms with Gasteiger partial charge in [0.15, 0.2) is 5.58 Å². The maximum atomic E-state index is 11.9. The van der Waals surface area contributed by atoms with Crippen molar-refractivity contribution in [2.45, 2.75) is 43.1 Å². The fourth-order valence-electron chi connectivity index (χ4n) is 2.57. The summed E-state index contributed by atoms with van der Waals surface area (Å²) in [6.45, 7) is 0. The average molecular weight is 306 g/mol. The number of hydrogen-bond acceptors (Lipinski definition) is 5. The molecule has 1 fully saturated rings. The van der Waals surface area contributed by atoms with Crippen molar-refractivity contribution in [2.24, 2.45) is 0 Å². The second-order valence-electron chi connectivity index (χ2n) is 5.26. The van der Waals surface area contributed by atoms with E-state index in [1.54, 1.807) is 0 Å². The van der Waals surface area contributed by atoms with E-state index in [9.17, 15) is 9.90 Å². The van der Waals surface area contributed by atoms with Crippen LogP contribution in [-0.2, 0) is 4.79 Å². The Morgan fingerprint density at radius 1 is 1.38 bits per heavy atom. The molecule has 21 heavy (non-hydrogen) atoms. The first-order valence-electron chi connectivity index (χ1n) is 7.18. The van der Waals surface area contributed by atoms with Crippen LogP contribution < -0.4 is 5.32 Å². The Labute approximate surface area is 127 Å². The lowest BCUT2D eigenvalue weighted by Crippen LogP contribution is -2.45. The number of aromatic nitrogens is 1. The Bertz CT molecular complexity index is 595. The second kappa shape index (κ2) is 6.49. The van der Waals surface area contributed by atoms with Gasteiger partial charge in [0.05, 0.1) is 17.9 Å². The lowest BCUT2D eigenvalue weighted by molar-refractivity contribution is -0.120. The fourth-order valence-corrected chi connectivity index (χ4v) is 3.22. The standard InChI is InChI=1S/C15H18N2O3S/c18-12-7-3-1-5-10(12)16-14(19)9-21-15-17-11-6-2-4-8-13(11)20-15/h2,4,6,8,10,12,18H,1,3,5,7,9H2,(H,16,19)/t10-,12-/m1/s1. The number of amides is 1. The first kappa shape index (κ1) is 14.4. The molecule has 1 aliphatic rings. The Morgan fingerprint density at radius 3 is 3.00 bits per heavy atom. The first-order chi connectivity index (χ1) is 10.2. The molecule has 1 saturated carbocycles. The number of aliphatic hydroxyl groups is 1. The summed E-state index contributed by atoms with van der Waals surface area (Å²) in [5.74, 6) is 0.156. The fraction of sp³-hybridized carbons (Fsp3) is 0.467. The molecule has 6 heteroatoms. The summed E-state index contributed by atoms with van der Waals surface area (Å²) in [5.41, 5.74) is 1.52. The highest BCUT2D eigenvalue weighted by Gasteiger charge is 2.24. The number of thioether (sulfide) groups is 1. The number of oxazole rings is 1. The van der Waals surface area contributed by atoms with E-state index in [4.69, 9.17) is 4.42 Å².